The number of fused-ring (bicyclic) bond motifs is 1. The number of hydrogen-bond acceptors (Lipinski definition) is 6. The van der Waals surface area contributed by atoms with E-state index in [0.29, 0.717) is 18.8 Å². The van der Waals surface area contributed by atoms with Crippen molar-refractivity contribution in [3.8, 4) is 0 Å². The molecule has 1 aliphatic heterocycles. The number of carbonyl (C=O) groups is 1. The summed E-state index contributed by atoms with van der Waals surface area (Å²) in [5.41, 5.74) is 1.83. The van der Waals surface area contributed by atoms with Gasteiger partial charge in [-0.1, -0.05) is 17.6 Å². The number of aryl methyl sites for hydroxylation is 1. The van der Waals surface area contributed by atoms with Crippen molar-refractivity contribution >= 4 is 33.2 Å². The van der Waals surface area contributed by atoms with Gasteiger partial charge in [-0.25, -0.2) is 8.42 Å². The van der Waals surface area contributed by atoms with Crippen molar-refractivity contribution in [1.82, 2.24) is 9.46 Å². The SMILES string of the molecule is O=C(Nc1onc2c1CCC2)[C@@H]1CCCCN1S(=O)(=O)c1cccs1. The van der Waals surface area contributed by atoms with E-state index in [1.165, 1.54) is 15.6 Å². The van der Waals surface area contributed by atoms with Gasteiger partial charge in [-0.05, 0) is 43.6 Å². The molecule has 0 spiro atoms. The highest BCUT2D eigenvalue weighted by molar-refractivity contribution is 7.91. The van der Waals surface area contributed by atoms with Crippen molar-refractivity contribution < 1.29 is 17.7 Å². The molecule has 0 unspecified atom stereocenters. The minimum absolute atomic E-state index is 0.271. The molecule has 9 heteroatoms. The van der Waals surface area contributed by atoms with Crippen LogP contribution in [0.15, 0.2) is 26.2 Å². The van der Waals surface area contributed by atoms with E-state index >= 15 is 0 Å². The molecular formula is C16H19N3O4S2. The Labute approximate surface area is 150 Å². The molecule has 1 fully saturated rings. The fraction of sp³-hybridized carbons (Fsp3) is 0.500. The van der Waals surface area contributed by atoms with Crippen LogP contribution in [0.5, 0.6) is 0 Å². The molecule has 0 radical (unpaired) electrons. The number of amides is 1. The first-order valence-corrected chi connectivity index (χ1v) is 10.7. The van der Waals surface area contributed by atoms with Crippen molar-refractivity contribution in [2.75, 3.05) is 11.9 Å². The molecule has 1 atom stereocenters. The predicted molar refractivity (Wildman–Crippen MR) is 93.0 cm³/mol. The number of nitrogens with zero attached hydrogens (tertiary/aromatic N) is 2. The third kappa shape index (κ3) is 3.00. The molecule has 2 aromatic heterocycles. The van der Waals surface area contributed by atoms with Gasteiger partial charge in [0.1, 0.15) is 10.3 Å². The molecule has 25 heavy (non-hydrogen) atoms. The molecule has 134 valence electrons. The van der Waals surface area contributed by atoms with Gasteiger partial charge in [0, 0.05) is 12.1 Å². The first-order chi connectivity index (χ1) is 12.1. The van der Waals surface area contributed by atoms with Crippen LogP contribution in [0.3, 0.4) is 0 Å². The van der Waals surface area contributed by atoms with Gasteiger partial charge in [0.05, 0.1) is 5.69 Å². The normalized spacial score (nSPS) is 21.2. The molecular weight excluding hydrogens is 362 g/mol. The Morgan fingerprint density at radius 3 is 3.00 bits per heavy atom. The van der Waals surface area contributed by atoms with Crippen LogP contribution >= 0.6 is 11.3 Å². The van der Waals surface area contributed by atoms with Gasteiger partial charge in [0.15, 0.2) is 0 Å². The third-order valence-electron chi connectivity index (χ3n) is 4.76. The zero-order chi connectivity index (χ0) is 17.4. The number of sulfonamides is 1. The van der Waals surface area contributed by atoms with Crippen molar-refractivity contribution in [2.24, 2.45) is 0 Å². The first kappa shape index (κ1) is 16.7. The maximum Gasteiger partial charge on any atom is 0.253 e. The van der Waals surface area contributed by atoms with E-state index in [0.717, 1.165) is 43.4 Å². The first-order valence-electron chi connectivity index (χ1n) is 8.41. The molecule has 0 aromatic carbocycles. The molecule has 1 amide bonds. The fourth-order valence-electron chi connectivity index (χ4n) is 3.50. The summed E-state index contributed by atoms with van der Waals surface area (Å²) < 4.78 is 32.6. The Balaban J connectivity index is 1.57. The van der Waals surface area contributed by atoms with Gasteiger partial charge in [-0.3, -0.25) is 10.1 Å². The summed E-state index contributed by atoms with van der Waals surface area (Å²) in [5, 5.41) is 8.48. The lowest BCUT2D eigenvalue weighted by Crippen LogP contribution is -2.49. The summed E-state index contributed by atoms with van der Waals surface area (Å²) in [4.78, 5) is 12.8. The zero-order valence-corrected chi connectivity index (χ0v) is 15.2. The average molecular weight is 381 g/mol. The standard InChI is InChI=1S/C16H19N3O4S2/c20-15(17-16-11-5-3-6-12(11)18-23-16)13-7-1-2-9-19(13)25(21,22)14-8-4-10-24-14/h4,8,10,13H,1-3,5-7,9H2,(H,17,20)/t13-/m0/s1. The topological polar surface area (TPSA) is 92.5 Å². The van der Waals surface area contributed by atoms with E-state index in [1.54, 1.807) is 17.5 Å². The van der Waals surface area contributed by atoms with Crippen LogP contribution in [0.1, 0.15) is 36.9 Å². The molecule has 0 bridgehead atoms. The van der Waals surface area contributed by atoms with E-state index in [2.05, 4.69) is 10.5 Å². The molecule has 1 aliphatic carbocycles. The maximum atomic E-state index is 12.9. The number of piperidine rings is 1. The number of thiophene rings is 1. The van der Waals surface area contributed by atoms with E-state index in [9.17, 15) is 13.2 Å². The highest BCUT2D eigenvalue weighted by Gasteiger charge is 2.38. The lowest BCUT2D eigenvalue weighted by molar-refractivity contribution is -0.120. The molecule has 1 N–H and O–H groups in total. The largest absolute Gasteiger partial charge is 0.338 e. The van der Waals surface area contributed by atoms with Crippen LogP contribution in [0.4, 0.5) is 5.88 Å². The van der Waals surface area contributed by atoms with Crippen molar-refractivity contribution in [3.05, 3.63) is 28.8 Å². The lowest BCUT2D eigenvalue weighted by atomic mass is 10.0. The van der Waals surface area contributed by atoms with Crippen LogP contribution in [-0.4, -0.2) is 36.4 Å². The second-order valence-electron chi connectivity index (χ2n) is 6.34. The number of rotatable bonds is 4. The van der Waals surface area contributed by atoms with Crippen LogP contribution in [0, 0.1) is 0 Å². The van der Waals surface area contributed by atoms with Crippen molar-refractivity contribution in [1.29, 1.82) is 0 Å². The predicted octanol–water partition coefficient (Wildman–Crippen LogP) is 2.41. The molecule has 7 nitrogen and oxygen atoms in total. The van der Waals surface area contributed by atoms with Gasteiger partial charge >= 0.3 is 0 Å². The zero-order valence-electron chi connectivity index (χ0n) is 13.6. The maximum absolute atomic E-state index is 12.9. The second kappa shape index (κ2) is 6.54. The Kier molecular flexibility index (Phi) is 4.38. The van der Waals surface area contributed by atoms with Crippen LogP contribution in [0.2, 0.25) is 0 Å². The monoisotopic (exact) mass is 381 g/mol. The summed E-state index contributed by atoms with van der Waals surface area (Å²) in [7, 11) is -3.66. The Bertz CT molecular complexity index is 873. The molecule has 3 heterocycles. The third-order valence-corrected chi connectivity index (χ3v) is 8.04. The molecule has 2 aromatic rings. The molecule has 4 rings (SSSR count). The Hall–Kier alpha value is -1.71. The van der Waals surface area contributed by atoms with Crippen molar-refractivity contribution in [3.63, 3.8) is 0 Å². The van der Waals surface area contributed by atoms with E-state index in [1.807, 2.05) is 0 Å². The lowest BCUT2D eigenvalue weighted by Gasteiger charge is -2.32. The summed E-state index contributed by atoms with van der Waals surface area (Å²) in [6, 6.07) is 2.56. The number of carbonyl (C=O) groups excluding carboxylic acids is 1. The summed E-state index contributed by atoms with van der Waals surface area (Å²) in [6.45, 7) is 0.354. The van der Waals surface area contributed by atoms with Gasteiger partial charge in [-0.2, -0.15) is 4.31 Å². The molecule has 2 aliphatic rings. The second-order valence-corrected chi connectivity index (χ2v) is 9.40. The minimum Gasteiger partial charge on any atom is -0.338 e. The minimum atomic E-state index is -3.66. The Morgan fingerprint density at radius 1 is 1.32 bits per heavy atom. The van der Waals surface area contributed by atoms with E-state index < -0.39 is 16.1 Å². The van der Waals surface area contributed by atoms with Crippen LogP contribution in [0.25, 0.3) is 0 Å². The number of aromatic nitrogens is 1. The van der Waals surface area contributed by atoms with Gasteiger partial charge in [0.2, 0.25) is 11.8 Å². The smallest absolute Gasteiger partial charge is 0.253 e. The summed E-state index contributed by atoms with van der Waals surface area (Å²) >= 11 is 1.17. The van der Waals surface area contributed by atoms with E-state index in [4.69, 9.17) is 4.52 Å². The number of nitrogens with one attached hydrogen (secondary N) is 1. The molecule has 1 saturated heterocycles. The van der Waals surface area contributed by atoms with Gasteiger partial charge < -0.3 is 4.52 Å². The fourth-order valence-corrected chi connectivity index (χ4v) is 6.28. The number of anilines is 1. The number of hydrogen-bond donors (Lipinski definition) is 1. The summed E-state index contributed by atoms with van der Waals surface area (Å²) in [6.07, 6.45) is 4.77. The van der Waals surface area contributed by atoms with Crippen LogP contribution < -0.4 is 5.32 Å². The highest BCUT2D eigenvalue weighted by Crippen LogP contribution is 2.31. The molecule has 0 saturated carbocycles. The highest BCUT2D eigenvalue weighted by atomic mass is 32.2. The van der Waals surface area contributed by atoms with Crippen LogP contribution in [-0.2, 0) is 27.7 Å². The quantitative estimate of drug-likeness (QED) is 0.878. The van der Waals surface area contributed by atoms with Crippen molar-refractivity contribution in [2.45, 2.75) is 48.8 Å². The van der Waals surface area contributed by atoms with Gasteiger partial charge in [0.25, 0.3) is 10.0 Å². The van der Waals surface area contributed by atoms with E-state index in [-0.39, 0.29) is 10.1 Å². The van der Waals surface area contributed by atoms with Gasteiger partial charge in [-0.15, -0.1) is 11.3 Å². The Morgan fingerprint density at radius 2 is 2.20 bits per heavy atom. The average Bonchev–Trinajstić information content (AvgIpc) is 3.34. The summed E-state index contributed by atoms with van der Waals surface area (Å²) in [5.74, 6) is 0.0298.